The first-order valence-electron chi connectivity index (χ1n) is 8.53. The summed E-state index contributed by atoms with van der Waals surface area (Å²) in [7, 11) is 1.84. The normalized spacial score (nSPS) is 10.5. The van der Waals surface area contributed by atoms with Gasteiger partial charge in [0.25, 0.3) is 5.91 Å². The minimum atomic E-state index is -0.298. The highest BCUT2D eigenvalue weighted by atomic mass is 79.9. The molecule has 7 heteroatoms. The van der Waals surface area contributed by atoms with Gasteiger partial charge >= 0.3 is 0 Å². The lowest BCUT2D eigenvalue weighted by molar-refractivity contribution is -0.121. The van der Waals surface area contributed by atoms with Crippen molar-refractivity contribution in [3.63, 3.8) is 0 Å². The summed E-state index contributed by atoms with van der Waals surface area (Å²) in [6.45, 7) is 0.493. The number of fused-ring (bicyclic) bond motifs is 1. The Morgan fingerprint density at radius 3 is 2.61 bits per heavy atom. The Hall–Kier alpha value is -1.96. The molecule has 3 aromatic carbocycles. The molecule has 0 aliphatic carbocycles. The summed E-state index contributed by atoms with van der Waals surface area (Å²) in [5.74, 6) is 0.307. The van der Waals surface area contributed by atoms with E-state index in [0.29, 0.717) is 17.4 Å². The highest BCUT2D eigenvalue weighted by Crippen LogP contribution is 2.34. The molecule has 0 saturated carbocycles. The second-order valence-corrected chi connectivity index (χ2v) is 8.32. The van der Waals surface area contributed by atoms with Gasteiger partial charge in [-0.15, -0.1) is 0 Å². The third kappa shape index (κ3) is 5.31. The summed E-state index contributed by atoms with van der Waals surface area (Å²) >= 11 is 12.3. The van der Waals surface area contributed by atoms with E-state index in [1.54, 1.807) is 0 Å². The fraction of sp³-hybridized carbons (Fsp3) is 0.143. The van der Waals surface area contributed by atoms with E-state index in [9.17, 15) is 4.79 Å². The van der Waals surface area contributed by atoms with Gasteiger partial charge in [0.1, 0.15) is 5.75 Å². The molecule has 0 unspecified atom stereocenters. The van der Waals surface area contributed by atoms with Gasteiger partial charge in [-0.25, -0.2) is 0 Å². The summed E-state index contributed by atoms with van der Waals surface area (Å²) in [6.07, 6.45) is 0. The molecule has 0 aliphatic heterocycles. The van der Waals surface area contributed by atoms with Gasteiger partial charge in [-0.05, 0) is 62.7 Å². The molecule has 4 nitrogen and oxygen atoms in total. The van der Waals surface area contributed by atoms with Crippen LogP contribution in [0, 0.1) is 0 Å². The van der Waals surface area contributed by atoms with Gasteiger partial charge < -0.3 is 15.0 Å². The van der Waals surface area contributed by atoms with Crippen LogP contribution in [0.1, 0.15) is 5.56 Å². The van der Waals surface area contributed by atoms with E-state index in [1.165, 1.54) is 0 Å². The smallest absolute Gasteiger partial charge is 0.264 e. The molecule has 28 heavy (non-hydrogen) atoms. The predicted molar refractivity (Wildman–Crippen MR) is 123 cm³/mol. The number of halogens is 2. The lowest BCUT2D eigenvalue weighted by Gasteiger charge is -2.20. The number of rotatable bonds is 5. The van der Waals surface area contributed by atoms with Gasteiger partial charge in [-0.3, -0.25) is 4.79 Å². The van der Waals surface area contributed by atoms with E-state index in [1.807, 2.05) is 72.6 Å². The van der Waals surface area contributed by atoms with Crippen LogP contribution in [0.15, 0.2) is 69.6 Å². The molecule has 0 bridgehead atoms. The molecular weight excluding hydrogens is 504 g/mol. The van der Waals surface area contributed by atoms with Gasteiger partial charge in [0.2, 0.25) is 0 Å². The first-order chi connectivity index (χ1) is 13.4. The van der Waals surface area contributed by atoms with Gasteiger partial charge in [-0.1, -0.05) is 58.4 Å². The maximum Gasteiger partial charge on any atom is 0.264 e. The van der Waals surface area contributed by atoms with Crippen LogP contribution in [-0.4, -0.2) is 29.6 Å². The largest absolute Gasteiger partial charge is 0.483 e. The van der Waals surface area contributed by atoms with Gasteiger partial charge in [0.15, 0.2) is 11.7 Å². The quantitative estimate of drug-likeness (QED) is 0.464. The zero-order valence-corrected chi connectivity index (χ0v) is 19.1. The van der Waals surface area contributed by atoms with E-state index in [0.717, 1.165) is 25.3 Å². The molecule has 144 valence electrons. The van der Waals surface area contributed by atoms with Crippen LogP contribution < -0.4 is 10.1 Å². The zero-order valence-electron chi connectivity index (χ0n) is 15.1. The Morgan fingerprint density at radius 2 is 1.86 bits per heavy atom. The fourth-order valence-electron chi connectivity index (χ4n) is 2.68. The standard InChI is InChI=1S/C21H18Br2N2O2S/c1-25(12-14-5-3-2-4-6-14)21(28)24-19(26)13-27-18-10-7-15-11-16(22)8-9-17(15)20(18)23/h2-11H,12-13H2,1H3,(H,24,26,28). The SMILES string of the molecule is CN(Cc1ccccc1)C(=S)NC(=O)COc1ccc2cc(Br)ccc2c1Br. The number of benzene rings is 3. The molecule has 1 N–H and O–H groups in total. The van der Waals surface area contributed by atoms with Crippen molar-refractivity contribution in [2.24, 2.45) is 0 Å². The van der Waals surface area contributed by atoms with Gasteiger partial charge in [-0.2, -0.15) is 0 Å². The Labute approximate surface area is 186 Å². The molecule has 1 amide bonds. The number of carbonyl (C=O) groups is 1. The Balaban J connectivity index is 1.56. The van der Waals surface area contributed by atoms with Crippen molar-refractivity contribution in [3.05, 3.63) is 75.2 Å². The zero-order chi connectivity index (χ0) is 20.1. The van der Waals surface area contributed by atoms with Crippen LogP contribution in [-0.2, 0) is 11.3 Å². The van der Waals surface area contributed by atoms with Crippen LogP contribution in [0.4, 0.5) is 0 Å². The summed E-state index contributed by atoms with van der Waals surface area (Å²) in [6, 6.07) is 19.7. The Morgan fingerprint density at radius 1 is 1.11 bits per heavy atom. The average molecular weight is 522 g/mol. The molecule has 0 aliphatic rings. The van der Waals surface area contributed by atoms with E-state index in [-0.39, 0.29) is 12.5 Å². The van der Waals surface area contributed by atoms with E-state index in [2.05, 4.69) is 37.2 Å². The van der Waals surface area contributed by atoms with Crippen LogP contribution in [0.25, 0.3) is 10.8 Å². The first-order valence-corrected chi connectivity index (χ1v) is 10.5. The van der Waals surface area contributed by atoms with Crippen LogP contribution in [0.3, 0.4) is 0 Å². The summed E-state index contributed by atoms with van der Waals surface area (Å²) in [5.41, 5.74) is 1.12. The van der Waals surface area contributed by atoms with Crippen LogP contribution >= 0.6 is 44.1 Å². The number of hydrogen-bond acceptors (Lipinski definition) is 3. The number of nitrogens with zero attached hydrogens (tertiary/aromatic N) is 1. The molecule has 0 aromatic heterocycles. The third-order valence-corrected chi connectivity index (χ3v) is 5.82. The second kappa shape index (κ2) is 9.49. The maximum absolute atomic E-state index is 12.2. The number of ether oxygens (including phenoxy) is 1. The fourth-order valence-corrected chi connectivity index (χ4v) is 3.84. The molecule has 3 rings (SSSR count). The molecule has 0 fully saturated rings. The van der Waals surface area contributed by atoms with Crippen molar-refractivity contribution < 1.29 is 9.53 Å². The summed E-state index contributed by atoms with van der Waals surface area (Å²) in [4.78, 5) is 14.0. The Kier molecular flexibility index (Phi) is 7.04. The second-order valence-electron chi connectivity index (χ2n) is 6.23. The minimum absolute atomic E-state index is 0.125. The average Bonchev–Trinajstić information content (AvgIpc) is 2.68. The highest BCUT2D eigenvalue weighted by Gasteiger charge is 2.12. The highest BCUT2D eigenvalue weighted by molar-refractivity contribution is 9.11. The topological polar surface area (TPSA) is 41.6 Å². The summed E-state index contributed by atoms with van der Waals surface area (Å²) in [5, 5.41) is 5.15. The van der Waals surface area contributed by atoms with Gasteiger partial charge in [0.05, 0.1) is 4.47 Å². The van der Waals surface area contributed by atoms with Crippen molar-refractivity contribution in [2.45, 2.75) is 6.54 Å². The van der Waals surface area contributed by atoms with E-state index < -0.39 is 0 Å². The van der Waals surface area contributed by atoms with Crippen molar-refractivity contribution in [1.82, 2.24) is 10.2 Å². The lowest BCUT2D eigenvalue weighted by atomic mass is 10.1. The number of thiocarbonyl (C=S) groups is 1. The molecular formula is C21H18Br2N2O2S. The molecule has 3 aromatic rings. The molecule has 0 spiro atoms. The Bertz CT molecular complexity index is 1010. The van der Waals surface area contributed by atoms with E-state index in [4.69, 9.17) is 17.0 Å². The van der Waals surface area contributed by atoms with Crippen LogP contribution in [0.5, 0.6) is 5.75 Å². The van der Waals surface area contributed by atoms with Crippen molar-refractivity contribution in [1.29, 1.82) is 0 Å². The van der Waals surface area contributed by atoms with Crippen molar-refractivity contribution in [3.8, 4) is 5.75 Å². The third-order valence-electron chi connectivity index (χ3n) is 4.10. The molecule has 0 radical (unpaired) electrons. The van der Waals surface area contributed by atoms with E-state index >= 15 is 0 Å². The lowest BCUT2D eigenvalue weighted by Crippen LogP contribution is -2.42. The van der Waals surface area contributed by atoms with Crippen molar-refractivity contribution >= 4 is 65.9 Å². The molecule has 0 heterocycles. The number of nitrogens with one attached hydrogen (secondary N) is 1. The first kappa shape index (κ1) is 20.8. The van der Waals surface area contributed by atoms with Crippen LogP contribution in [0.2, 0.25) is 0 Å². The molecule has 0 saturated heterocycles. The maximum atomic E-state index is 12.2. The predicted octanol–water partition coefficient (Wildman–Crippen LogP) is 5.28. The monoisotopic (exact) mass is 520 g/mol. The molecule has 0 atom stereocenters. The number of amides is 1. The number of hydrogen-bond donors (Lipinski definition) is 1. The number of carbonyl (C=O) groups excluding carboxylic acids is 1. The summed E-state index contributed by atoms with van der Waals surface area (Å²) < 4.78 is 7.51. The minimum Gasteiger partial charge on any atom is -0.483 e. The van der Waals surface area contributed by atoms with Gasteiger partial charge in [0, 0.05) is 18.1 Å². The van der Waals surface area contributed by atoms with Crippen molar-refractivity contribution in [2.75, 3.05) is 13.7 Å².